The Morgan fingerprint density at radius 2 is 1.69 bits per heavy atom. The van der Waals surface area contributed by atoms with E-state index >= 15 is 0 Å². The predicted molar refractivity (Wildman–Crippen MR) is 112 cm³/mol. The lowest BCUT2D eigenvalue weighted by Crippen LogP contribution is -2.21. The normalized spacial score (nSPS) is 10.9. The summed E-state index contributed by atoms with van der Waals surface area (Å²) >= 11 is 0. The van der Waals surface area contributed by atoms with Gasteiger partial charge in [0.15, 0.2) is 0 Å². The number of hydrogen-bond donors (Lipinski definition) is 3. The van der Waals surface area contributed by atoms with Crippen LogP contribution in [0.2, 0.25) is 0 Å². The highest BCUT2D eigenvalue weighted by Crippen LogP contribution is 2.14. The second-order valence-corrected chi connectivity index (χ2v) is 7.31. The van der Waals surface area contributed by atoms with Crippen molar-refractivity contribution in [2.24, 2.45) is 5.92 Å². The zero-order valence-electron chi connectivity index (χ0n) is 17.2. The molecule has 0 aliphatic rings. The summed E-state index contributed by atoms with van der Waals surface area (Å²) in [6.07, 6.45) is 1.19. The van der Waals surface area contributed by atoms with E-state index in [1.54, 1.807) is 0 Å². The minimum Gasteiger partial charge on any atom is -0.354 e. The van der Waals surface area contributed by atoms with Crippen LogP contribution in [0.5, 0.6) is 0 Å². The number of nitrogens with one attached hydrogen (secondary N) is 3. The number of aromatic nitrogens is 6. The molecular weight excluding hydrogens is 368 g/mol. The van der Waals surface area contributed by atoms with Crippen LogP contribution in [0.3, 0.4) is 0 Å². The molecule has 3 aromatic rings. The molecule has 0 spiro atoms. The first kappa shape index (κ1) is 20.4. The third-order valence-electron chi connectivity index (χ3n) is 4.03. The van der Waals surface area contributed by atoms with E-state index in [0.29, 0.717) is 54.7 Å². The van der Waals surface area contributed by atoms with Crippen LogP contribution in [0.15, 0.2) is 29.1 Å². The van der Waals surface area contributed by atoms with Crippen molar-refractivity contribution in [2.75, 3.05) is 17.2 Å². The Bertz CT molecular complexity index is 1010. The summed E-state index contributed by atoms with van der Waals surface area (Å²) in [7, 11) is 0. The highest BCUT2D eigenvalue weighted by Gasteiger charge is 2.07. The van der Waals surface area contributed by atoms with Crippen LogP contribution in [-0.2, 0) is 12.8 Å². The molecule has 2 aromatic heterocycles. The summed E-state index contributed by atoms with van der Waals surface area (Å²) in [6.45, 7) is 8.50. The minimum absolute atomic E-state index is 0.369. The molecule has 0 atom stereocenters. The van der Waals surface area contributed by atoms with Crippen LogP contribution >= 0.6 is 0 Å². The Kier molecular flexibility index (Phi) is 6.48. The van der Waals surface area contributed by atoms with E-state index in [0.717, 1.165) is 5.69 Å². The number of benzene rings is 1. The van der Waals surface area contributed by atoms with Crippen LogP contribution in [0.1, 0.15) is 36.9 Å². The first-order valence-corrected chi connectivity index (χ1v) is 9.64. The van der Waals surface area contributed by atoms with Crippen LogP contribution in [0.4, 0.5) is 17.6 Å². The van der Waals surface area contributed by atoms with E-state index in [9.17, 15) is 4.79 Å². The van der Waals surface area contributed by atoms with Gasteiger partial charge in [-0.2, -0.15) is 19.9 Å². The Morgan fingerprint density at radius 3 is 2.41 bits per heavy atom. The average molecular weight is 394 g/mol. The van der Waals surface area contributed by atoms with Gasteiger partial charge in [-0.25, -0.2) is 9.78 Å². The van der Waals surface area contributed by atoms with Gasteiger partial charge in [0.1, 0.15) is 17.5 Å². The van der Waals surface area contributed by atoms with E-state index < -0.39 is 0 Å². The molecule has 1 aromatic carbocycles. The van der Waals surface area contributed by atoms with Crippen molar-refractivity contribution >= 4 is 17.6 Å². The molecule has 0 saturated heterocycles. The predicted octanol–water partition coefficient (Wildman–Crippen LogP) is 2.56. The van der Waals surface area contributed by atoms with Crippen molar-refractivity contribution in [2.45, 2.75) is 40.5 Å². The summed E-state index contributed by atoms with van der Waals surface area (Å²) in [5, 5.41) is 6.34. The standard InChI is InChI=1S/C20H26N8O/c1-12(2)11-17-25-16(26-20(29)27-17)9-10-21-18-22-14(4)23-19(28-18)24-15-7-5-13(3)6-8-15/h5-8,12H,9-11H2,1-4H3,(H,25,26,27,29)(H2,21,22,23,24,28). The van der Waals surface area contributed by atoms with Gasteiger partial charge in [0, 0.05) is 25.1 Å². The number of H-pyrrole nitrogens is 1. The smallest absolute Gasteiger partial charge is 0.348 e. The average Bonchev–Trinajstić information content (AvgIpc) is 2.62. The highest BCUT2D eigenvalue weighted by atomic mass is 16.1. The lowest BCUT2D eigenvalue weighted by atomic mass is 10.1. The second kappa shape index (κ2) is 9.22. The Balaban J connectivity index is 1.63. The number of aryl methyl sites for hydroxylation is 2. The highest BCUT2D eigenvalue weighted by molar-refractivity contribution is 5.54. The molecule has 0 amide bonds. The zero-order valence-corrected chi connectivity index (χ0v) is 17.2. The van der Waals surface area contributed by atoms with Crippen LogP contribution < -0.4 is 16.3 Å². The van der Waals surface area contributed by atoms with Gasteiger partial charge in [-0.3, -0.25) is 4.98 Å². The van der Waals surface area contributed by atoms with Crippen molar-refractivity contribution in [3.8, 4) is 0 Å². The van der Waals surface area contributed by atoms with Crippen LogP contribution in [0.25, 0.3) is 0 Å². The number of hydrogen-bond acceptors (Lipinski definition) is 8. The van der Waals surface area contributed by atoms with E-state index in [2.05, 4.69) is 54.4 Å². The molecule has 3 N–H and O–H groups in total. The van der Waals surface area contributed by atoms with Gasteiger partial charge in [0.25, 0.3) is 0 Å². The SMILES string of the molecule is Cc1ccc(Nc2nc(C)nc(NCCc3nc(CC(C)C)[nH]c(=O)n3)n2)cc1. The molecule has 2 heterocycles. The summed E-state index contributed by atoms with van der Waals surface area (Å²) in [5.41, 5.74) is 1.72. The Labute approximate surface area is 169 Å². The van der Waals surface area contributed by atoms with E-state index in [1.807, 2.05) is 38.1 Å². The summed E-state index contributed by atoms with van der Waals surface area (Å²) < 4.78 is 0. The Hall–Kier alpha value is -3.36. The Morgan fingerprint density at radius 1 is 0.966 bits per heavy atom. The lowest BCUT2D eigenvalue weighted by molar-refractivity contribution is 0.608. The molecule has 0 bridgehead atoms. The van der Waals surface area contributed by atoms with Crippen LogP contribution in [-0.4, -0.2) is 36.4 Å². The van der Waals surface area contributed by atoms with Crippen molar-refractivity contribution in [1.82, 2.24) is 29.9 Å². The quantitative estimate of drug-likeness (QED) is 0.533. The van der Waals surface area contributed by atoms with Gasteiger partial charge in [-0.1, -0.05) is 31.5 Å². The minimum atomic E-state index is -0.369. The number of nitrogens with zero attached hydrogens (tertiary/aromatic N) is 5. The molecule has 0 fully saturated rings. The van der Waals surface area contributed by atoms with Gasteiger partial charge in [-0.05, 0) is 31.9 Å². The van der Waals surface area contributed by atoms with E-state index in [-0.39, 0.29) is 5.69 Å². The maximum absolute atomic E-state index is 11.7. The van der Waals surface area contributed by atoms with Gasteiger partial charge in [0.05, 0.1) is 0 Å². The molecule has 29 heavy (non-hydrogen) atoms. The summed E-state index contributed by atoms with van der Waals surface area (Å²) in [4.78, 5) is 35.8. The molecule has 9 nitrogen and oxygen atoms in total. The fourth-order valence-electron chi connectivity index (χ4n) is 2.74. The van der Waals surface area contributed by atoms with Crippen molar-refractivity contribution in [3.05, 3.63) is 57.8 Å². The molecule has 0 unspecified atom stereocenters. The van der Waals surface area contributed by atoms with Crippen molar-refractivity contribution in [3.63, 3.8) is 0 Å². The van der Waals surface area contributed by atoms with E-state index in [1.165, 1.54) is 5.56 Å². The van der Waals surface area contributed by atoms with Gasteiger partial charge < -0.3 is 10.6 Å². The van der Waals surface area contributed by atoms with Crippen LogP contribution in [0, 0.1) is 19.8 Å². The molecule has 0 aliphatic carbocycles. The second-order valence-electron chi connectivity index (χ2n) is 7.31. The summed E-state index contributed by atoms with van der Waals surface area (Å²) in [5.74, 6) is 3.09. The molecular formula is C20H26N8O. The van der Waals surface area contributed by atoms with Gasteiger partial charge in [0.2, 0.25) is 11.9 Å². The fourth-order valence-corrected chi connectivity index (χ4v) is 2.74. The van der Waals surface area contributed by atoms with Crippen molar-refractivity contribution < 1.29 is 0 Å². The molecule has 9 heteroatoms. The molecule has 3 rings (SSSR count). The lowest BCUT2D eigenvalue weighted by Gasteiger charge is -2.09. The van der Waals surface area contributed by atoms with Gasteiger partial charge >= 0.3 is 5.69 Å². The molecule has 0 aliphatic heterocycles. The summed E-state index contributed by atoms with van der Waals surface area (Å²) in [6, 6.07) is 7.98. The monoisotopic (exact) mass is 394 g/mol. The number of aromatic amines is 1. The number of rotatable bonds is 8. The molecule has 0 radical (unpaired) electrons. The fraction of sp³-hybridized carbons (Fsp3) is 0.400. The molecule has 152 valence electrons. The van der Waals surface area contributed by atoms with E-state index in [4.69, 9.17) is 0 Å². The topological polar surface area (TPSA) is 121 Å². The first-order valence-electron chi connectivity index (χ1n) is 9.64. The van der Waals surface area contributed by atoms with Gasteiger partial charge in [-0.15, -0.1) is 0 Å². The number of anilines is 3. The zero-order chi connectivity index (χ0) is 20.8. The maximum atomic E-state index is 11.7. The third-order valence-corrected chi connectivity index (χ3v) is 4.03. The largest absolute Gasteiger partial charge is 0.354 e. The first-order chi connectivity index (χ1) is 13.9. The van der Waals surface area contributed by atoms with Crippen molar-refractivity contribution in [1.29, 1.82) is 0 Å². The third kappa shape index (κ3) is 6.34. The molecule has 0 saturated carbocycles. The maximum Gasteiger partial charge on any atom is 0.348 e.